The van der Waals surface area contributed by atoms with Crippen LogP contribution < -0.4 is 10.6 Å². The molecule has 0 aliphatic carbocycles. The second-order valence-corrected chi connectivity index (χ2v) is 10.2. The molecule has 0 radical (unpaired) electrons. The average Bonchev–Trinajstić information content (AvgIpc) is 3.26. The van der Waals surface area contributed by atoms with Gasteiger partial charge >= 0.3 is 0 Å². The van der Waals surface area contributed by atoms with E-state index in [9.17, 15) is 8.42 Å². The first kappa shape index (κ1) is 26.0. The number of hydrogen-bond donors (Lipinski definition) is 2. The summed E-state index contributed by atoms with van der Waals surface area (Å²) in [5.41, 5.74) is 0.715. The Morgan fingerprint density at radius 3 is 2.52 bits per heavy atom. The van der Waals surface area contributed by atoms with Crippen molar-refractivity contribution in [1.29, 1.82) is 0 Å². The highest BCUT2D eigenvalue weighted by Gasteiger charge is 2.29. The molecule has 0 amide bonds. The van der Waals surface area contributed by atoms with E-state index in [1.54, 1.807) is 27.8 Å². The van der Waals surface area contributed by atoms with Gasteiger partial charge in [0.25, 0.3) is 0 Å². The van der Waals surface area contributed by atoms with Gasteiger partial charge in [-0.3, -0.25) is 0 Å². The van der Waals surface area contributed by atoms with Crippen LogP contribution >= 0.6 is 35.3 Å². The standard InChI is InChI=1S/C21H31N5O2S2.HI/c1-3-22-21(23-11-10-19-8-6-16-29-19)24-17-18-7-4-5-9-20(18)30(27,28)26-14-12-25(2)13-15-26;/h4-9,16H,3,10-15,17H2,1-2H3,(H2,22,23,24);1H. The van der Waals surface area contributed by atoms with E-state index in [2.05, 4.69) is 38.0 Å². The van der Waals surface area contributed by atoms with Crippen molar-refractivity contribution in [1.82, 2.24) is 19.8 Å². The molecule has 0 bridgehead atoms. The summed E-state index contributed by atoms with van der Waals surface area (Å²) >= 11 is 1.74. The van der Waals surface area contributed by atoms with Gasteiger partial charge in [-0.2, -0.15) is 4.31 Å². The number of thiophene rings is 1. The predicted octanol–water partition coefficient (Wildman–Crippen LogP) is 2.60. The molecule has 0 atom stereocenters. The summed E-state index contributed by atoms with van der Waals surface area (Å²) in [6, 6.07) is 11.4. The molecule has 2 heterocycles. The molecule has 1 aromatic heterocycles. The number of nitrogens with one attached hydrogen (secondary N) is 2. The molecule has 1 aliphatic heterocycles. The highest BCUT2D eigenvalue weighted by Crippen LogP contribution is 2.22. The van der Waals surface area contributed by atoms with E-state index in [-0.39, 0.29) is 24.0 Å². The van der Waals surface area contributed by atoms with Crippen molar-refractivity contribution in [3.05, 3.63) is 52.2 Å². The minimum absolute atomic E-state index is 0. The van der Waals surface area contributed by atoms with Gasteiger partial charge in [0.1, 0.15) is 0 Å². The second-order valence-electron chi connectivity index (χ2n) is 7.27. The normalized spacial score (nSPS) is 16.0. The number of piperazine rings is 1. The van der Waals surface area contributed by atoms with E-state index >= 15 is 0 Å². The van der Waals surface area contributed by atoms with Crippen molar-refractivity contribution >= 4 is 51.3 Å². The maximum Gasteiger partial charge on any atom is 0.243 e. The molecule has 2 N–H and O–H groups in total. The molecule has 1 saturated heterocycles. The van der Waals surface area contributed by atoms with E-state index < -0.39 is 10.0 Å². The van der Waals surface area contributed by atoms with Gasteiger partial charge in [-0.1, -0.05) is 24.3 Å². The Hall–Kier alpha value is -1.21. The molecule has 0 unspecified atom stereocenters. The summed E-state index contributed by atoms with van der Waals surface area (Å²) in [5.74, 6) is 0.695. The quantitative estimate of drug-likeness (QED) is 0.287. The summed E-state index contributed by atoms with van der Waals surface area (Å²) in [7, 11) is -1.51. The molecule has 172 valence electrons. The van der Waals surface area contributed by atoms with Crippen LogP contribution in [-0.4, -0.2) is 69.9 Å². The lowest BCUT2D eigenvalue weighted by molar-refractivity contribution is 0.222. The Labute approximate surface area is 207 Å². The number of rotatable bonds is 8. The number of benzene rings is 1. The Kier molecular flexibility index (Phi) is 10.7. The smallest absolute Gasteiger partial charge is 0.243 e. The maximum atomic E-state index is 13.2. The van der Waals surface area contributed by atoms with E-state index in [0.29, 0.717) is 36.1 Å². The molecule has 10 heteroatoms. The second kappa shape index (κ2) is 12.7. The van der Waals surface area contributed by atoms with Crippen LogP contribution in [-0.2, 0) is 23.0 Å². The molecule has 31 heavy (non-hydrogen) atoms. The zero-order valence-corrected chi connectivity index (χ0v) is 22.0. The first-order valence-corrected chi connectivity index (χ1v) is 12.6. The topological polar surface area (TPSA) is 77.0 Å². The van der Waals surface area contributed by atoms with E-state index in [1.165, 1.54) is 4.88 Å². The summed E-state index contributed by atoms with van der Waals surface area (Å²) in [4.78, 5) is 8.46. The third-order valence-corrected chi connectivity index (χ3v) is 7.98. The van der Waals surface area contributed by atoms with Crippen LogP contribution in [0.4, 0.5) is 0 Å². The van der Waals surface area contributed by atoms with Gasteiger partial charge in [0.2, 0.25) is 10.0 Å². The third-order valence-electron chi connectivity index (χ3n) is 5.05. The summed E-state index contributed by atoms with van der Waals surface area (Å²) in [6.45, 7) is 6.36. The highest BCUT2D eigenvalue weighted by molar-refractivity contribution is 14.0. The largest absolute Gasteiger partial charge is 0.357 e. The summed E-state index contributed by atoms with van der Waals surface area (Å²) < 4.78 is 28.0. The van der Waals surface area contributed by atoms with Crippen LogP contribution in [0.15, 0.2) is 51.7 Å². The molecular weight excluding hydrogens is 545 g/mol. The summed E-state index contributed by atoms with van der Waals surface area (Å²) in [6.07, 6.45) is 0.927. The molecule has 0 saturated carbocycles. The number of halogens is 1. The SMILES string of the molecule is CCNC(=NCc1ccccc1S(=O)(=O)N1CCN(C)CC1)NCCc1cccs1.I. The minimum Gasteiger partial charge on any atom is -0.357 e. The molecule has 1 aliphatic rings. The monoisotopic (exact) mass is 577 g/mol. The molecule has 1 aromatic carbocycles. The lowest BCUT2D eigenvalue weighted by Gasteiger charge is -2.32. The number of guanidine groups is 1. The molecular formula is C21H32IN5O2S2. The fourth-order valence-corrected chi connectivity index (χ4v) is 5.66. The van der Waals surface area contributed by atoms with E-state index in [1.807, 2.05) is 26.1 Å². The van der Waals surface area contributed by atoms with Crippen LogP contribution in [0.5, 0.6) is 0 Å². The van der Waals surface area contributed by atoms with Gasteiger partial charge in [-0.25, -0.2) is 13.4 Å². The Bertz CT molecular complexity index is 927. The maximum absolute atomic E-state index is 13.2. The Morgan fingerprint density at radius 1 is 1.10 bits per heavy atom. The zero-order valence-electron chi connectivity index (χ0n) is 18.1. The number of sulfonamides is 1. The molecule has 2 aromatic rings. The van der Waals surface area contributed by atoms with Gasteiger partial charge in [0.05, 0.1) is 11.4 Å². The van der Waals surface area contributed by atoms with Crippen molar-refractivity contribution in [2.75, 3.05) is 46.3 Å². The van der Waals surface area contributed by atoms with E-state index in [4.69, 9.17) is 0 Å². The van der Waals surface area contributed by atoms with E-state index in [0.717, 1.165) is 32.6 Å². The van der Waals surface area contributed by atoms with Gasteiger partial charge < -0.3 is 15.5 Å². The van der Waals surface area contributed by atoms with Gasteiger partial charge in [0, 0.05) is 44.1 Å². The van der Waals surface area contributed by atoms with Crippen molar-refractivity contribution in [3.8, 4) is 0 Å². The first-order chi connectivity index (χ1) is 14.5. The minimum atomic E-state index is -3.52. The summed E-state index contributed by atoms with van der Waals surface area (Å²) in [5, 5.41) is 8.65. The third kappa shape index (κ3) is 7.41. The van der Waals surface area contributed by atoms with Crippen molar-refractivity contribution in [2.24, 2.45) is 4.99 Å². The van der Waals surface area contributed by atoms with Crippen molar-refractivity contribution in [3.63, 3.8) is 0 Å². The average molecular weight is 578 g/mol. The van der Waals surface area contributed by atoms with Crippen LogP contribution in [0.25, 0.3) is 0 Å². The molecule has 1 fully saturated rings. The Morgan fingerprint density at radius 2 is 1.84 bits per heavy atom. The highest BCUT2D eigenvalue weighted by atomic mass is 127. The van der Waals surface area contributed by atoms with Crippen molar-refractivity contribution < 1.29 is 8.42 Å². The Balaban J connectivity index is 0.00000341. The zero-order chi connectivity index (χ0) is 21.4. The fourth-order valence-electron chi connectivity index (χ4n) is 3.32. The lowest BCUT2D eigenvalue weighted by atomic mass is 10.2. The predicted molar refractivity (Wildman–Crippen MR) is 139 cm³/mol. The van der Waals surface area contributed by atoms with Crippen LogP contribution in [0.1, 0.15) is 17.4 Å². The lowest BCUT2D eigenvalue weighted by Crippen LogP contribution is -2.47. The fraction of sp³-hybridized carbons (Fsp3) is 0.476. The van der Waals surface area contributed by atoms with Crippen LogP contribution in [0.3, 0.4) is 0 Å². The van der Waals surface area contributed by atoms with Gasteiger partial charge in [0.15, 0.2) is 5.96 Å². The van der Waals surface area contributed by atoms with Crippen LogP contribution in [0.2, 0.25) is 0 Å². The number of hydrogen-bond acceptors (Lipinski definition) is 5. The number of nitrogens with zero attached hydrogens (tertiary/aromatic N) is 3. The number of aliphatic imine (C=N–C) groups is 1. The molecule has 7 nitrogen and oxygen atoms in total. The number of likely N-dealkylation sites (N-methyl/N-ethyl adjacent to an activating group) is 1. The molecule has 0 spiro atoms. The first-order valence-electron chi connectivity index (χ1n) is 10.3. The van der Waals surface area contributed by atoms with Gasteiger partial charge in [-0.15, -0.1) is 35.3 Å². The molecule has 3 rings (SSSR count). The van der Waals surface area contributed by atoms with Crippen LogP contribution in [0, 0.1) is 0 Å². The van der Waals surface area contributed by atoms with Crippen molar-refractivity contribution in [2.45, 2.75) is 24.8 Å². The van der Waals surface area contributed by atoms with Gasteiger partial charge in [-0.05, 0) is 43.5 Å².